The molecule has 1 atom stereocenters. The van der Waals surface area contributed by atoms with Crippen LogP contribution in [0.5, 0.6) is 0 Å². The SMILES string of the molecule is N#Cc1ccc(N2C(=O)C(=O)/C(=C(\O)c3ccccc3)C2c2ccco2)cc1. The molecule has 1 aromatic heterocycles. The molecule has 4 rings (SSSR count). The van der Waals surface area contributed by atoms with E-state index in [4.69, 9.17) is 9.68 Å². The van der Waals surface area contributed by atoms with E-state index in [1.807, 2.05) is 6.07 Å². The van der Waals surface area contributed by atoms with Crippen LogP contribution in [-0.2, 0) is 9.59 Å². The average Bonchev–Trinajstić information content (AvgIpc) is 3.35. The molecule has 0 spiro atoms. The van der Waals surface area contributed by atoms with Gasteiger partial charge in [-0.1, -0.05) is 30.3 Å². The van der Waals surface area contributed by atoms with Crippen molar-refractivity contribution < 1.29 is 19.1 Å². The van der Waals surface area contributed by atoms with Gasteiger partial charge in [-0.15, -0.1) is 0 Å². The first-order valence-corrected chi connectivity index (χ1v) is 8.52. The van der Waals surface area contributed by atoms with Gasteiger partial charge in [0.15, 0.2) is 0 Å². The van der Waals surface area contributed by atoms with E-state index in [1.165, 1.54) is 11.2 Å². The molecular weight excluding hydrogens is 356 g/mol. The lowest BCUT2D eigenvalue weighted by atomic mass is 9.99. The number of hydrogen-bond acceptors (Lipinski definition) is 5. The fraction of sp³-hybridized carbons (Fsp3) is 0.0455. The summed E-state index contributed by atoms with van der Waals surface area (Å²) in [5, 5.41) is 19.8. The third-order valence-corrected chi connectivity index (χ3v) is 4.58. The molecule has 1 aliphatic rings. The Hall–Kier alpha value is -4.11. The third-order valence-electron chi connectivity index (χ3n) is 4.58. The van der Waals surface area contributed by atoms with Gasteiger partial charge in [0.05, 0.1) is 23.5 Å². The van der Waals surface area contributed by atoms with E-state index in [1.54, 1.807) is 66.7 Å². The number of furan rings is 1. The number of nitrogens with zero attached hydrogens (tertiary/aromatic N) is 2. The second-order valence-electron chi connectivity index (χ2n) is 6.21. The normalized spacial score (nSPS) is 18.2. The molecule has 28 heavy (non-hydrogen) atoms. The Morgan fingerprint density at radius 3 is 2.32 bits per heavy atom. The standard InChI is InChI=1S/C22H14N2O4/c23-13-14-8-10-16(11-9-14)24-19(17-7-4-12-28-17)18(21(26)22(24)27)20(25)15-5-2-1-3-6-15/h1-12,19,25H/b20-18-. The van der Waals surface area contributed by atoms with E-state index in [0.29, 0.717) is 22.6 Å². The van der Waals surface area contributed by atoms with Crippen LogP contribution in [0.15, 0.2) is 83.0 Å². The minimum atomic E-state index is -0.914. The number of hydrogen-bond donors (Lipinski definition) is 1. The number of aliphatic hydroxyl groups is 1. The number of amides is 1. The highest BCUT2D eigenvalue weighted by Crippen LogP contribution is 2.42. The molecule has 2 heterocycles. The van der Waals surface area contributed by atoms with Crippen molar-refractivity contribution in [3.8, 4) is 6.07 Å². The highest BCUT2D eigenvalue weighted by molar-refractivity contribution is 6.51. The lowest BCUT2D eigenvalue weighted by Gasteiger charge is -2.23. The van der Waals surface area contributed by atoms with Crippen molar-refractivity contribution in [3.05, 3.63) is 95.5 Å². The maximum atomic E-state index is 12.8. The molecule has 1 aliphatic heterocycles. The van der Waals surface area contributed by atoms with Crippen molar-refractivity contribution in [2.24, 2.45) is 0 Å². The van der Waals surface area contributed by atoms with Crippen LogP contribution < -0.4 is 4.90 Å². The fourth-order valence-corrected chi connectivity index (χ4v) is 3.26. The number of carbonyl (C=O) groups excluding carboxylic acids is 2. The fourth-order valence-electron chi connectivity index (χ4n) is 3.26. The maximum absolute atomic E-state index is 12.8. The Morgan fingerprint density at radius 1 is 1.00 bits per heavy atom. The summed E-state index contributed by atoms with van der Waals surface area (Å²) in [7, 11) is 0. The smallest absolute Gasteiger partial charge is 0.300 e. The minimum Gasteiger partial charge on any atom is -0.507 e. The van der Waals surface area contributed by atoms with Crippen molar-refractivity contribution in [2.45, 2.75) is 6.04 Å². The average molecular weight is 370 g/mol. The van der Waals surface area contributed by atoms with Gasteiger partial charge in [0, 0.05) is 11.3 Å². The Labute approximate surface area is 160 Å². The van der Waals surface area contributed by atoms with Crippen molar-refractivity contribution in [1.82, 2.24) is 0 Å². The lowest BCUT2D eigenvalue weighted by Crippen LogP contribution is -2.29. The molecule has 6 nitrogen and oxygen atoms in total. The van der Waals surface area contributed by atoms with Crippen molar-refractivity contribution in [1.29, 1.82) is 5.26 Å². The molecule has 2 aromatic carbocycles. The van der Waals surface area contributed by atoms with Crippen molar-refractivity contribution in [2.75, 3.05) is 4.90 Å². The number of rotatable bonds is 3. The highest BCUT2D eigenvalue weighted by Gasteiger charge is 2.48. The summed E-state index contributed by atoms with van der Waals surface area (Å²) in [5.74, 6) is -1.49. The minimum absolute atomic E-state index is 0.0458. The van der Waals surface area contributed by atoms with Gasteiger partial charge in [-0.05, 0) is 36.4 Å². The largest absolute Gasteiger partial charge is 0.507 e. The summed E-state index contributed by atoms with van der Waals surface area (Å²) in [4.78, 5) is 26.9. The number of benzene rings is 2. The maximum Gasteiger partial charge on any atom is 0.300 e. The summed E-state index contributed by atoms with van der Waals surface area (Å²) >= 11 is 0. The first-order valence-electron chi connectivity index (χ1n) is 8.52. The number of aliphatic hydroxyl groups excluding tert-OH is 1. The molecule has 0 saturated carbocycles. The number of carbonyl (C=O) groups is 2. The first kappa shape index (κ1) is 17.3. The predicted octanol–water partition coefficient (Wildman–Crippen LogP) is 3.78. The number of Topliss-reactive ketones (excluding diaryl/α,β-unsaturated/α-hetero) is 1. The molecule has 6 heteroatoms. The Bertz CT molecular complexity index is 1110. The van der Waals surface area contributed by atoms with Gasteiger partial charge in [-0.3, -0.25) is 14.5 Å². The van der Waals surface area contributed by atoms with E-state index in [9.17, 15) is 14.7 Å². The van der Waals surface area contributed by atoms with Crippen molar-refractivity contribution >= 4 is 23.1 Å². The summed E-state index contributed by atoms with van der Waals surface area (Å²) in [6.45, 7) is 0. The van der Waals surface area contributed by atoms with Gasteiger partial charge in [0.2, 0.25) is 0 Å². The van der Waals surface area contributed by atoms with Gasteiger partial charge in [0.1, 0.15) is 17.6 Å². The molecule has 0 bridgehead atoms. The summed E-state index contributed by atoms with van der Waals surface area (Å²) in [6, 6.07) is 19.2. The van der Waals surface area contributed by atoms with Crippen LogP contribution in [0.4, 0.5) is 5.69 Å². The number of nitriles is 1. The van der Waals surface area contributed by atoms with Gasteiger partial charge >= 0.3 is 0 Å². The monoisotopic (exact) mass is 370 g/mol. The molecule has 136 valence electrons. The first-order chi connectivity index (χ1) is 13.6. The highest BCUT2D eigenvalue weighted by atomic mass is 16.3. The van der Waals surface area contributed by atoms with E-state index < -0.39 is 17.7 Å². The molecular formula is C22H14N2O4. The zero-order valence-electron chi connectivity index (χ0n) is 14.6. The van der Waals surface area contributed by atoms with E-state index in [2.05, 4.69) is 0 Å². The van der Waals surface area contributed by atoms with E-state index >= 15 is 0 Å². The quantitative estimate of drug-likeness (QED) is 0.430. The van der Waals surface area contributed by atoms with E-state index in [0.717, 1.165) is 0 Å². The molecule has 1 saturated heterocycles. The van der Waals surface area contributed by atoms with Crippen LogP contribution in [0.25, 0.3) is 5.76 Å². The number of anilines is 1. The Morgan fingerprint density at radius 2 is 1.71 bits per heavy atom. The summed E-state index contributed by atoms with van der Waals surface area (Å²) in [6.07, 6.45) is 1.44. The Kier molecular flexibility index (Phi) is 4.26. The van der Waals surface area contributed by atoms with Crippen LogP contribution in [0.2, 0.25) is 0 Å². The van der Waals surface area contributed by atoms with E-state index in [-0.39, 0.29) is 11.3 Å². The van der Waals surface area contributed by atoms with Gasteiger partial charge in [0.25, 0.3) is 11.7 Å². The van der Waals surface area contributed by atoms with Gasteiger partial charge in [-0.25, -0.2) is 0 Å². The summed E-state index contributed by atoms with van der Waals surface area (Å²) < 4.78 is 5.48. The van der Waals surface area contributed by atoms with Crippen LogP contribution in [0.3, 0.4) is 0 Å². The third kappa shape index (κ3) is 2.75. The Balaban J connectivity index is 1.91. The lowest BCUT2D eigenvalue weighted by molar-refractivity contribution is -0.132. The van der Waals surface area contributed by atoms with Crippen LogP contribution in [-0.4, -0.2) is 16.8 Å². The molecule has 1 amide bonds. The van der Waals surface area contributed by atoms with Crippen LogP contribution in [0, 0.1) is 11.3 Å². The predicted molar refractivity (Wildman–Crippen MR) is 101 cm³/mol. The zero-order chi connectivity index (χ0) is 19.7. The second kappa shape index (κ2) is 6.89. The molecule has 0 radical (unpaired) electrons. The van der Waals surface area contributed by atoms with Crippen molar-refractivity contribution in [3.63, 3.8) is 0 Å². The van der Waals surface area contributed by atoms with Gasteiger partial charge < -0.3 is 9.52 Å². The van der Waals surface area contributed by atoms with Gasteiger partial charge in [-0.2, -0.15) is 5.26 Å². The molecule has 0 aliphatic carbocycles. The molecule has 1 unspecified atom stereocenters. The molecule has 1 N–H and O–H groups in total. The van der Waals surface area contributed by atoms with Crippen LogP contribution in [0.1, 0.15) is 22.9 Å². The summed E-state index contributed by atoms with van der Waals surface area (Å²) in [5.41, 5.74) is 1.24. The molecule has 3 aromatic rings. The zero-order valence-corrected chi connectivity index (χ0v) is 14.6. The molecule has 1 fully saturated rings. The van der Waals surface area contributed by atoms with Crippen LogP contribution >= 0.6 is 0 Å². The topological polar surface area (TPSA) is 94.5 Å². The number of ketones is 1. The second-order valence-corrected chi connectivity index (χ2v) is 6.21.